The number of fused-ring (bicyclic) bond motifs is 4. The quantitative estimate of drug-likeness (QED) is 0.157. The zero-order valence-corrected chi connectivity index (χ0v) is 29.5. The molecular formula is C43H37ClN2O6. The second-order valence-corrected chi connectivity index (χ2v) is 14.4. The number of halogens is 1. The topological polar surface area (TPSA) is 104 Å². The van der Waals surface area contributed by atoms with E-state index in [9.17, 15) is 19.5 Å². The first-order chi connectivity index (χ1) is 25.2. The standard InChI is InChI=1S/C43H37ClN2O6/c1-3-25-12-16-29(17-13-25)45-39(48)32-19-18-31-33(38(32)41(45)50)24-35-40(49)46(30-11-7-10-28(44)23-30)42(51)43(35,27-8-5-4-6-9-27)34(31)20-14-26-15-21-36(47)37(22-26)52-2/h4-18,20-23,32-35,38,47H,3,19,24H2,1-2H3/t32-,33+,34-,35-,38-,43-/m0/s1. The molecule has 4 aromatic rings. The summed E-state index contributed by atoms with van der Waals surface area (Å²) < 4.78 is 5.37. The number of allylic oxidation sites excluding steroid dienone is 3. The van der Waals surface area contributed by atoms with Crippen LogP contribution < -0.4 is 14.5 Å². The van der Waals surface area contributed by atoms with Crippen molar-refractivity contribution < 1.29 is 29.0 Å². The molecule has 4 amide bonds. The molecule has 2 saturated heterocycles. The SMILES string of the molecule is CCc1ccc(N2C(=O)[C@H]3[C@H](CC=C4[C@H]3C[C@H]3C(=O)N(c5cccc(Cl)c5)C(=O)[C@@]3(c3ccccc3)[C@H]4C=Cc3ccc(O)c(OC)c3)C2=O)cc1. The van der Waals surface area contributed by atoms with Gasteiger partial charge in [0.15, 0.2) is 11.5 Å². The summed E-state index contributed by atoms with van der Waals surface area (Å²) in [5.74, 6) is -4.26. The largest absolute Gasteiger partial charge is 0.504 e. The Kier molecular flexibility index (Phi) is 8.38. The van der Waals surface area contributed by atoms with Crippen molar-refractivity contribution in [3.63, 3.8) is 0 Å². The molecule has 1 N–H and O–H groups in total. The highest BCUT2D eigenvalue weighted by Gasteiger charge is 2.69. The molecule has 52 heavy (non-hydrogen) atoms. The number of amides is 4. The van der Waals surface area contributed by atoms with Crippen molar-refractivity contribution in [2.45, 2.75) is 31.6 Å². The molecule has 0 bridgehead atoms. The van der Waals surface area contributed by atoms with Gasteiger partial charge in [0.05, 0.1) is 41.7 Å². The number of nitrogens with zero attached hydrogens (tertiary/aromatic N) is 2. The highest BCUT2D eigenvalue weighted by molar-refractivity contribution is 6.32. The van der Waals surface area contributed by atoms with E-state index in [1.807, 2.05) is 79.7 Å². The first kappa shape index (κ1) is 33.7. The first-order valence-electron chi connectivity index (χ1n) is 17.6. The Morgan fingerprint density at radius 1 is 0.846 bits per heavy atom. The van der Waals surface area contributed by atoms with Gasteiger partial charge in [-0.1, -0.05) is 96.9 Å². The maximum Gasteiger partial charge on any atom is 0.246 e. The molecule has 0 radical (unpaired) electrons. The Hall–Kier alpha value is -5.47. The first-order valence-corrected chi connectivity index (χ1v) is 18.0. The number of anilines is 2. The van der Waals surface area contributed by atoms with Crippen molar-refractivity contribution >= 4 is 52.7 Å². The van der Waals surface area contributed by atoms with E-state index in [2.05, 4.69) is 0 Å². The van der Waals surface area contributed by atoms with Crippen molar-refractivity contribution in [2.24, 2.45) is 29.6 Å². The molecule has 2 aliphatic heterocycles. The van der Waals surface area contributed by atoms with E-state index in [1.54, 1.807) is 36.4 Å². The van der Waals surface area contributed by atoms with E-state index in [-0.39, 0.29) is 35.8 Å². The number of ether oxygens (including phenoxy) is 1. The Bertz CT molecular complexity index is 2180. The lowest BCUT2D eigenvalue weighted by Crippen LogP contribution is -2.54. The summed E-state index contributed by atoms with van der Waals surface area (Å²) in [5.41, 5.74) is 2.91. The second-order valence-electron chi connectivity index (χ2n) is 14.0. The van der Waals surface area contributed by atoms with Crippen LogP contribution in [0.1, 0.15) is 36.5 Å². The van der Waals surface area contributed by atoms with Gasteiger partial charge in [-0.3, -0.25) is 24.1 Å². The molecule has 262 valence electrons. The van der Waals surface area contributed by atoms with Gasteiger partial charge >= 0.3 is 0 Å². The molecule has 9 heteroatoms. The summed E-state index contributed by atoms with van der Waals surface area (Å²) in [7, 11) is 1.47. The number of hydrogen-bond donors (Lipinski definition) is 1. The number of methoxy groups -OCH3 is 1. The monoisotopic (exact) mass is 712 g/mol. The predicted molar refractivity (Wildman–Crippen MR) is 199 cm³/mol. The van der Waals surface area contributed by atoms with E-state index in [4.69, 9.17) is 16.3 Å². The molecule has 8 nitrogen and oxygen atoms in total. The molecule has 6 atom stereocenters. The van der Waals surface area contributed by atoms with E-state index >= 15 is 4.79 Å². The number of rotatable bonds is 7. The second kappa shape index (κ2) is 12.9. The Labute approximate surface area is 307 Å². The zero-order chi connectivity index (χ0) is 36.3. The van der Waals surface area contributed by atoms with Crippen molar-refractivity contribution in [2.75, 3.05) is 16.9 Å². The lowest BCUT2D eigenvalue weighted by molar-refractivity contribution is -0.128. The molecule has 2 aliphatic carbocycles. The van der Waals surface area contributed by atoms with Gasteiger partial charge in [0.1, 0.15) is 0 Å². The maximum absolute atomic E-state index is 15.3. The third kappa shape index (κ3) is 5.03. The normalized spacial score (nSPS) is 26.8. The average Bonchev–Trinajstić information content (AvgIpc) is 3.55. The Balaban J connectivity index is 1.31. The summed E-state index contributed by atoms with van der Waals surface area (Å²) in [5, 5.41) is 10.7. The summed E-state index contributed by atoms with van der Waals surface area (Å²) >= 11 is 6.40. The molecule has 4 aliphatic rings. The number of benzene rings is 4. The van der Waals surface area contributed by atoms with E-state index in [1.165, 1.54) is 23.0 Å². The zero-order valence-electron chi connectivity index (χ0n) is 28.7. The van der Waals surface area contributed by atoms with Gasteiger partial charge in [0, 0.05) is 10.9 Å². The number of aryl methyl sites for hydroxylation is 1. The minimum absolute atomic E-state index is 0.00809. The van der Waals surface area contributed by atoms with Crippen LogP contribution in [0.2, 0.25) is 5.02 Å². The van der Waals surface area contributed by atoms with Crippen LogP contribution in [0, 0.1) is 29.6 Å². The van der Waals surface area contributed by atoms with Gasteiger partial charge in [-0.15, -0.1) is 0 Å². The molecule has 2 heterocycles. The van der Waals surface area contributed by atoms with Gasteiger partial charge in [-0.2, -0.15) is 0 Å². The Morgan fingerprint density at radius 3 is 2.33 bits per heavy atom. The van der Waals surface area contributed by atoms with E-state index in [0.717, 1.165) is 17.6 Å². The fourth-order valence-corrected chi connectivity index (χ4v) is 9.31. The van der Waals surface area contributed by atoms with Gasteiger partial charge in [-0.25, -0.2) is 4.90 Å². The number of carbonyl (C=O) groups excluding carboxylic acids is 4. The number of phenols is 1. The van der Waals surface area contributed by atoms with Crippen molar-refractivity contribution in [1.29, 1.82) is 0 Å². The smallest absolute Gasteiger partial charge is 0.246 e. The highest BCUT2D eigenvalue weighted by atomic mass is 35.5. The Morgan fingerprint density at radius 2 is 1.62 bits per heavy atom. The van der Waals surface area contributed by atoms with Crippen LogP contribution in [0.5, 0.6) is 11.5 Å². The maximum atomic E-state index is 15.3. The van der Waals surface area contributed by atoms with E-state index in [0.29, 0.717) is 39.7 Å². The van der Waals surface area contributed by atoms with Crippen LogP contribution in [0.25, 0.3) is 6.08 Å². The van der Waals surface area contributed by atoms with Crippen molar-refractivity contribution in [3.8, 4) is 11.5 Å². The lowest BCUT2D eigenvalue weighted by Gasteiger charge is -2.49. The number of aromatic hydroxyl groups is 1. The van der Waals surface area contributed by atoms with Crippen LogP contribution in [-0.4, -0.2) is 35.8 Å². The van der Waals surface area contributed by atoms with Crippen LogP contribution in [0.3, 0.4) is 0 Å². The van der Waals surface area contributed by atoms with Gasteiger partial charge in [-0.05, 0) is 84.3 Å². The minimum atomic E-state index is -1.37. The third-order valence-corrected chi connectivity index (χ3v) is 11.8. The van der Waals surface area contributed by atoms with Crippen molar-refractivity contribution in [3.05, 3.63) is 137 Å². The molecule has 4 aromatic carbocycles. The fourth-order valence-electron chi connectivity index (χ4n) is 9.13. The summed E-state index contributed by atoms with van der Waals surface area (Å²) in [6.45, 7) is 2.05. The average molecular weight is 713 g/mol. The molecule has 3 fully saturated rings. The third-order valence-electron chi connectivity index (χ3n) is 11.5. The van der Waals surface area contributed by atoms with Crippen LogP contribution in [0.15, 0.2) is 115 Å². The molecule has 1 saturated carbocycles. The predicted octanol–water partition coefficient (Wildman–Crippen LogP) is 7.53. The minimum Gasteiger partial charge on any atom is -0.504 e. The molecule has 0 spiro atoms. The fraction of sp³-hybridized carbons (Fsp3) is 0.256. The van der Waals surface area contributed by atoms with Crippen LogP contribution in [0.4, 0.5) is 11.4 Å². The number of phenolic OH excluding ortho intramolecular Hbond substituents is 1. The molecule has 8 rings (SSSR count). The summed E-state index contributed by atoms with van der Waals surface area (Å²) in [4.78, 5) is 61.3. The van der Waals surface area contributed by atoms with Crippen molar-refractivity contribution in [1.82, 2.24) is 0 Å². The van der Waals surface area contributed by atoms with Gasteiger partial charge in [0.2, 0.25) is 23.6 Å². The van der Waals surface area contributed by atoms with Gasteiger partial charge in [0.25, 0.3) is 0 Å². The molecule has 0 unspecified atom stereocenters. The molecule has 0 aromatic heterocycles. The highest BCUT2D eigenvalue weighted by Crippen LogP contribution is 2.62. The summed E-state index contributed by atoms with van der Waals surface area (Å²) in [6, 6.07) is 28.6. The molecular weight excluding hydrogens is 676 g/mol. The van der Waals surface area contributed by atoms with Crippen LogP contribution in [-0.2, 0) is 31.0 Å². The van der Waals surface area contributed by atoms with E-state index < -0.39 is 35.0 Å². The van der Waals surface area contributed by atoms with Crippen LogP contribution >= 0.6 is 11.6 Å². The number of hydrogen-bond acceptors (Lipinski definition) is 6. The summed E-state index contributed by atoms with van der Waals surface area (Å²) in [6.07, 6.45) is 7.22. The number of imide groups is 2. The lowest BCUT2D eigenvalue weighted by atomic mass is 9.50. The number of carbonyl (C=O) groups is 4. The van der Waals surface area contributed by atoms with Gasteiger partial charge < -0.3 is 9.84 Å².